The highest BCUT2D eigenvalue weighted by Crippen LogP contribution is 2.43. The van der Waals surface area contributed by atoms with Gasteiger partial charge in [-0.3, -0.25) is 0 Å². The Kier molecular flexibility index (Phi) is 4.05. The van der Waals surface area contributed by atoms with Crippen LogP contribution in [0.4, 0.5) is 0 Å². The molecule has 18 heavy (non-hydrogen) atoms. The summed E-state index contributed by atoms with van der Waals surface area (Å²) in [6.45, 7) is 15.1. The van der Waals surface area contributed by atoms with Crippen molar-refractivity contribution in [1.29, 1.82) is 0 Å². The van der Waals surface area contributed by atoms with Gasteiger partial charge in [-0.1, -0.05) is 34.6 Å². The minimum Gasteiger partial charge on any atom is -0.380 e. The van der Waals surface area contributed by atoms with E-state index in [2.05, 4.69) is 39.9 Å². The van der Waals surface area contributed by atoms with Crippen molar-refractivity contribution in [3.05, 3.63) is 0 Å². The molecule has 2 atom stereocenters. The van der Waals surface area contributed by atoms with Crippen LogP contribution in [0, 0.1) is 16.7 Å². The molecule has 1 aliphatic heterocycles. The van der Waals surface area contributed by atoms with Gasteiger partial charge >= 0.3 is 0 Å². The van der Waals surface area contributed by atoms with Crippen LogP contribution in [0.1, 0.15) is 41.0 Å². The minimum absolute atomic E-state index is 0.260. The molecule has 3 nitrogen and oxygen atoms in total. The van der Waals surface area contributed by atoms with Crippen LogP contribution in [0.15, 0.2) is 0 Å². The molecule has 0 bridgehead atoms. The molecule has 1 heterocycles. The molecule has 1 aliphatic carbocycles. The molecule has 1 saturated carbocycles. The Labute approximate surface area is 112 Å². The molecular formula is C15H29NO2. The highest BCUT2D eigenvalue weighted by molar-refractivity contribution is 5.03. The second-order valence-electron chi connectivity index (χ2n) is 7.51. The van der Waals surface area contributed by atoms with Crippen LogP contribution in [0.2, 0.25) is 0 Å². The van der Waals surface area contributed by atoms with Gasteiger partial charge in [0.2, 0.25) is 0 Å². The molecule has 0 aromatic carbocycles. The highest BCUT2D eigenvalue weighted by Gasteiger charge is 2.49. The largest absolute Gasteiger partial charge is 0.380 e. The number of hydrogen-bond donors (Lipinski definition) is 1. The van der Waals surface area contributed by atoms with Crippen molar-refractivity contribution in [3.8, 4) is 0 Å². The molecule has 1 saturated heterocycles. The average molecular weight is 255 g/mol. The summed E-state index contributed by atoms with van der Waals surface area (Å²) in [4.78, 5) is 0. The molecule has 2 rings (SSSR count). The third-order valence-corrected chi connectivity index (χ3v) is 4.48. The van der Waals surface area contributed by atoms with Gasteiger partial charge in [0, 0.05) is 30.0 Å². The summed E-state index contributed by atoms with van der Waals surface area (Å²) >= 11 is 0. The Balaban J connectivity index is 1.72. The fourth-order valence-electron chi connectivity index (χ4n) is 2.75. The summed E-state index contributed by atoms with van der Waals surface area (Å²) in [5.41, 5.74) is 0.621. The molecule has 0 aromatic rings. The maximum Gasteiger partial charge on any atom is 0.0656 e. The van der Waals surface area contributed by atoms with Crippen LogP contribution in [-0.4, -0.2) is 38.5 Å². The van der Waals surface area contributed by atoms with Crippen LogP contribution in [0.5, 0.6) is 0 Å². The third kappa shape index (κ3) is 2.89. The Morgan fingerprint density at radius 2 is 1.94 bits per heavy atom. The van der Waals surface area contributed by atoms with Crippen molar-refractivity contribution in [2.45, 2.75) is 53.2 Å². The van der Waals surface area contributed by atoms with Gasteiger partial charge in [0.25, 0.3) is 0 Å². The van der Waals surface area contributed by atoms with E-state index in [9.17, 15) is 0 Å². The molecule has 1 N–H and O–H groups in total. The molecule has 2 aliphatic rings. The molecule has 2 unspecified atom stereocenters. The van der Waals surface area contributed by atoms with E-state index in [1.165, 1.54) is 0 Å². The minimum atomic E-state index is 0.260. The van der Waals surface area contributed by atoms with Crippen LogP contribution >= 0.6 is 0 Å². The first-order chi connectivity index (χ1) is 8.33. The second-order valence-corrected chi connectivity index (χ2v) is 7.51. The first-order valence-electron chi connectivity index (χ1n) is 7.26. The normalized spacial score (nSPS) is 33.0. The van der Waals surface area contributed by atoms with Crippen molar-refractivity contribution in [2.24, 2.45) is 16.7 Å². The number of nitrogens with one attached hydrogen (secondary N) is 1. The quantitative estimate of drug-likeness (QED) is 0.791. The van der Waals surface area contributed by atoms with Crippen molar-refractivity contribution in [2.75, 3.05) is 26.4 Å². The predicted molar refractivity (Wildman–Crippen MR) is 73.7 cm³/mol. The fourth-order valence-corrected chi connectivity index (χ4v) is 2.75. The molecule has 106 valence electrons. The Morgan fingerprint density at radius 1 is 1.28 bits per heavy atom. The van der Waals surface area contributed by atoms with Gasteiger partial charge < -0.3 is 14.8 Å². The van der Waals surface area contributed by atoms with Gasteiger partial charge in [-0.25, -0.2) is 0 Å². The van der Waals surface area contributed by atoms with E-state index < -0.39 is 0 Å². The SMILES string of the molecule is CC(C)COC1CC(NCC2(C)COC2)C1(C)C. The first kappa shape index (κ1) is 14.3. The maximum atomic E-state index is 5.99. The second kappa shape index (κ2) is 5.10. The van der Waals surface area contributed by atoms with Crippen molar-refractivity contribution in [3.63, 3.8) is 0 Å². The van der Waals surface area contributed by atoms with Crippen LogP contribution in [0.25, 0.3) is 0 Å². The Bertz CT molecular complexity index is 284. The number of ether oxygens (including phenoxy) is 2. The summed E-state index contributed by atoms with van der Waals surface area (Å²) in [6, 6.07) is 0.590. The van der Waals surface area contributed by atoms with Gasteiger partial charge in [-0.05, 0) is 12.3 Å². The van der Waals surface area contributed by atoms with Gasteiger partial charge in [-0.15, -0.1) is 0 Å². The summed E-state index contributed by atoms with van der Waals surface area (Å²) in [5, 5.41) is 3.71. The fraction of sp³-hybridized carbons (Fsp3) is 1.00. The van der Waals surface area contributed by atoms with E-state index in [1.807, 2.05) is 0 Å². The lowest BCUT2D eigenvalue weighted by Gasteiger charge is -2.53. The Morgan fingerprint density at radius 3 is 2.39 bits per heavy atom. The van der Waals surface area contributed by atoms with E-state index in [1.54, 1.807) is 0 Å². The molecule has 0 aromatic heterocycles. The van der Waals surface area contributed by atoms with Gasteiger partial charge in [0.15, 0.2) is 0 Å². The average Bonchev–Trinajstić information content (AvgIpc) is 2.24. The van der Waals surface area contributed by atoms with E-state index in [4.69, 9.17) is 9.47 Å². The lowest BCUT2D eigenvalue weighted by Crippen LogP contribution is -2.63. The predicted octanol–water partition coefficient (Wildman–Crippen LogP) is 2.45. The smallest absolute Gasteiger partial charge is 0.0656 e. The van der Waals surface area contributed by atoms with Crippen molar-refractivity contribution in [1.82, 2.24) is 5.32 Å². The molecule has 3 heteroatoms. The first-order valence-corrected chi connectivity index (χ1v) is 7.26. The van der Waals surface area contributed by atoms with Gasteiger partial charge in [0.1, 0.15) is 0 Å². The summed E-state index contributed by atoms with van der Waals surface area (Å²) in [6.07, 6.45) is 1.57. The van der Waals surface area contributed by atoms with E-state index in [0.29, 0.717) is 23.5 Å². The van der Waals surface area contributed by atoms with Crippen LogP contribution in [0.3, 0.4) is 0 Å². The topological polar surface area (TPSA) is 30.5 Å². The lowest BCUT2D eigenvalue weighted by molar-refractivity contribution is -0.137. The van der Waals surface area contributed by atoms with Gasteiger partial charge in [-0.2, -0.15) is 0 Å². The molecule has 0 spiro atoms. The number of rotatable bonds is 6. The van der Waals surface area contributed by atoms with Crippen molar-refractivity contribution < 1.29 is 9.47 Å². The van der Waals surface area contributed by atoms with Crippen molar-refractivity contribution >= 4 is 0 Å². The zero-order valence-corrected chi connectivity index (χ0v) is 12.6. The zero-order valence-electron chi connectivity index (χ0n) is 12.6. The van der Waals surface area contributed by atoms with E-state index >= 15 is 0 Å². The summed E-state index contributed by atoms with van der Waals surface area (Å²) < 4.78 is 11.3. The van der Waals surface area contributed by atoms with E-state index in [0.717, 1.165) is 32.8 Å². The maximum absolute atomic E-state index is 5.99. The molecular weight excluding hydrogens is 226 g/mol. The lowest BCUT2D eigenvalue weighted by atomic mass is 9.64. The molecule has 2 fully saturated rings. The van der Waals surface area contributed by atoms with Crippen LogP contribution in [-0.2, 0) is 9.47 Å². The summed E-state index contributed by atoms with van der Waals surface area (Å²) in [7, 11) is 0. The standard InChI is InChI=1S/C15H29NO2/c1-11(2)7-18-13-6-12(14(13,3)4)16-8-15(5)9-17-10-15/h11-13,16H,6-10H2,1-5H3. The Hall–Kier alpha value is -0.120. The molecule has 0 radical (unpaired) electrons. The van der Waals surface area contributed by atoms with Gasteiger partial charge in [0.05, 0.1) is 19.3 Å². The van der Waals surface area contributed by atoms with E-state index in [-0.39, 0.29) is 5.41 Å². The molecule has 0 amide bonds. The third-order valence-electron chi connectivity index (χ3n) is 4.48. The summed E-state index contributed by atoms with van der Waals surface area (Å²) in [5.74, 6) is 0.624. The zero-order chi connectivity index (χ0) is 13.4. The number of hydrogen-bond acceptors (Lipinski definition) is 3. The monoisotopic (exact) mass is 255 g/mol. The van der Waals surface area contributed by atoms with Crippen LogP contribution < -0.4 is 5.32 Å². The highest BCUT2D eigenvalue weighted by atomic mass is 16.5.